The molecule has 1 fully saturated rings. The van der Waals surface area contributed by atoms with Crippen LogP contribution in [0.2, 0.25) is 0 Å². The highest BCUT2D eigenvalue weighted by Crippen LogP contribution is 2.28. The highest BCUT2D eigenvalue weighted by atomic mass is 16.5. The Hall–Kier alpha value is -3.48. The number of carbonyl (C=O) groups excluding carboxylic acids is 2. The standard InChI is InChI=1S/C24H28N2O5/c1-4-13-30-21-10-7-18(15-22(21)29-3)24(28)31-16-23(27)25-20-9-8-19(14-17(20)2)26-11-5-6-12-26/h4,7-10,14-15H,1,5-6,11-13,16H2,2-3H3,(H,25,27). The van der Waals surface area contributed by atoms with E-state index in [4.69, 9.17) is 14.2 Å². The van der Waals surface area contributed by atoms with Crippen molar-refractivity contribution in [3.8, 4) is 11.5 Å². The summed E-state index contributed by atoms with van der Waals surface area (Å²) in [5, 5.41) is 2.80. The minimum Gasteiger partial charge on any atom is -0.493 e. The first-order valence-corrected chi connectivity index (χ1v) is 10.3. The molecule has 0 radical (unpaired) electrons. The van der Waals surface area contributed by atoms with Gasteiger partial charge in [-0.05, 0) is 61.7 Å². The van der Waals surface area contributed by atoms with Crippen molar-refractivity contribution in [3.63, 3.8) is 0 Å². The van der Waals surface area contributed by atoms with E-state index in [1.165, 1.54) is 26.0 Å². The Kier molecular flexibility index (Phi) is 7.54. The van der Waals surface area contributed by atoms with E-state index in [0.29, 0.717) is 23.8 Å². The van der Waals surface area contributed by atoms with Crippen LogP contribution in [-0.4, -0.2) is 45.3 Å². The molecule has 1 saturated heterocycles. The number of esters is 1. The summed E-state index contributed by atoms with van der Waals surface area (Å²) in [6.45, 7) is 7.60. The first-order valence-electron chi connectivity index (χ1n) is 10.3. The number of benzene rings is 2. The van der Waals surface area contributed by atoms with Gasteiger partial charge in [0.25, 0.3) is 5.91 Å². The van der Waals surface area contributed by atoms with Crippen LogP contribution < -0.4 is 19.7 Å². The SMILES string of the molecule is C=CCOc1ccc(C(=O)OCC(=O)Nc2ccc(N3CCCC3)cc2C)cc1OC. The van der Waals surface area contributed by atoms with Crippen molar-refractivity contribution >= 4 is 23.3 Å². The minimum atomic E-state index is -0.621. The van der Waals surface area contributed by atoms with Crippen LogP contribution in [0.4, 0.5) is 11.4 Å². The molecule has 31 heavy (non-hydrogen) atoms. The van der Waals surface area contributed by atoms with Crippen LogP contribution in [0.25, 0.3) is 0 Å². The summed E-state index contributed by atoms with van der Waals surface area (Å²) in [5.74, 6) is -0.132. The van der Waals surface area contributed by atoms with Gasteiger partial charge in [0.2, 0.25) is 0 Å². The van der Waals surface area contributed by atoms with Crippen molar-refractivity contribution in [2.75, 3.05) is 43.6 Å². The second-order valence-electron chi connectivity index (χ2n) is 7.28. The molecule has 164 valence electrons. The first kappa shape index (κ1) is 22.2. The van der Waals surface area contributed by atoms with Gasteiger partial charge >= 0.3 is 5.97 Å². The summed E-state index contributed by atoms with van der Waals surface area (Å²) < 4.78 is 15.9. The van der Waals surface area contributed by atoms with E-state index in [1.807, 2.05) is 19.1 Å². The Morgan fingerprint density at radius 3 is 2.58 bits per heavy atom. The highest BCUT2D eigenvalue weighted by molar-refractivity contribution is 5.96. The third-order valence-corrected chi connectivity index (χ3v) is 5.05. The summed E-state index contributed by atoms with van der Waals surface area (Å²) in [6, 6.07) is 10.6. The fourth-order valence-electron chi connectivity index (χ4n) is 3.42. The van der Waals surface area contributed by atoms with Crippen LogP contribution in [-0.2, 0) is 9.53 Å². The zero-order chi connectivity index (χ0) is 22.2. The summed E-state index contributed by atoms with van der Waals surface area (Å²) in [4.78, 5) is 27.0. The number of ether oxygens (including phenoxy) is 3. The lowest BCUT2D eigenvalue weighted by Gasteiger charge is -2.19. The van der Waals surface area contributed by atoms with Crippen molar-refractivity contribution in [1.82, 2.24) is 0 Å². The lowest BCUT2D eigenvalue weighted by Crippen LogP contribution is -2.22. The van der Waals surface area contributed by atoms with Gasteiger partial charge in [0.1, 0.15) is 6.61 Å². The number of hydrogen-bond donors (Lipinski definition) is 1. The third-order valence-electron chi connectivity index (χ3n) is 5.05. The van der Waals surface area contributed by atoms with Crippen molar-refractivity contribution in [2.24, 2.45) is 0 Å². The van der Waals surface area contributed by atoms with E-state index in [9.17, 15) is 9.59 Å². The van der Waals surface area contributed by atoms with Crippen molar-refractivity contribution in [1.29, 1.82) is 0 Å². The monoisotopic (exact) mass is 424 g/mol. The summed E-state index contributed by atoms with van der Waals surface area (Å²) >= 11 is 0. The van der Waals surface area contributed by atoms with E-state index in [2.05, 4.69) is 22.9 Å². The van der Waals surface area contributed by atoms with Gasteiger partial charge in [-0.15, -0.1) is 0 Å². The molecule has 3 rings (SSSR count). The maximum atomic E-state index is 12.3. The molecule has 7 heteroatoms. The number of amides is 1. The van der Waals surface area contributed by atoms with Crippen LogP contribution in [0.3, 0.4) is 0 Å². The predicted molar refractivity (Wildman–Crippen MR) is 120 cm³/mol. The number of aryl methyl sites for hydroxylation is 1. The molecule has 0 unspecified atom stereocenters. The molecule has 0 bridgehead atoms. The Balaban J connectivity index is 1.55. The van der Waals surface area contributed by atoms with E-state index in [1.54, 1.807) is 18.2 Å². The number of nitrogens with one attached hydrogen (secondary N) is 1. The molecule has 1 N–H and O–H groups in total. The van der Waals surface area contributed by atoms with E-state index in [-0.39, 0.29) is 12.2 Å². The zero-order valence-electron chi connectivity index (χ0n) is 18.0. The fraction of sp³-hybridized carbons (Fsp3) is 0.333. The average molecular weight is 424 g/mol. The Morgan fingerprint density at radius 1 is 1.13 bits per heavy atom. The van der Waals surface area contributed by atoms with Gasteiger partial charge in [0, 0.05) is 24.5 Å². The van der Waals surface area contributed by atoms with Gasteiger partial charge in [-0.25, -0.2) is 4.79 Å². The predicted octanol–water partition coefficient (Wildman–Crippen LogP) is 3.96. The maximum absolute atomic E-state index is 12.3. The lowest BCUT2D eigenvalue weighted by molar-refractivity contribution is -0.119. The second kappa shape index (κ2) is 10.5. The molecule has 1 aliphatic heterocycles. The van der Waals surface area contributed by atoms with Crippen LogP contribution >= 0.6 is 0 Å². The Labute approximate surface area is 182 Å². The van der Waals surface area contributed by atoms with Gasteiger partial charge in [-0.1, -0.05) is 12.7 Å². The van der Waals surface area contributed by atoms with E-state index >= 15 is 0 Å². The normalized spacial score (nSPS) is 12.9. The molecular weight excluding hydrogens is 396 g/mol. The molecular formula is C24H28N2O5. The molecule has 1 amide bonds. The number of nitrogens with zero attached hydrogens (tertiary/aromatic N) is 1. The average Bonchev–Trinajstić information content (AvgIpc) is 3.32. The Morgan fingerprint density at radius 2 is 1.90 bits per heavy atom. The molecule has 0 aliphatic carbocycles. The molecule has 2 aromatic carbocycles. The molecule has 1 aliphatic rings. The number of hydrogen-bond acceptors (Lipinski definition) is 6. The molecule has 1 heterocycles. The maximum Gasteiger partial charge on any atom is 0.338 e. The van der Waals surface area contributed by atoms with E-state index < -0.39 is 11.9 Å². The molecule has 0 saturated carbocycles. The van der Waals surface area contributed by atoms with E-state index in [0.717, 1.165) is 24.3 Å². The van der Waals surface area contributed by atoms with Crippen molar-refractivity contribution < 1.29 is 23.8 Å². The second-order valence-corrected chi connectivity index (χ2v) is 7.28. The van der Waals surface area contributed by atoms with Gasteiger partial charge < -0.3 is 24.4 Å². The molecule has 0 atom stereocenters. The minimum absolute atomic E-state index is 0.266. The first-order chi connectivity index (χ1) is 15.0. The summed E-state index contributed by atoms with van der Waals surface area (Å²) in [6.07, 6.45) is 4.03. The third kappa shape index (κ3) is 5.78. The van der Waals surface area contributed by atoms with Crippen molar-refractivity contribution in [2.45, 2.75) is 19.8 Å². The van der Waals surface area contributed by atoms with Gasteiger partial charge in [0.15, 0.2) is 18.1 Å². The lowest BCUT2D eigenvalue weighted by atomic mass is 10.1. The number of methoxy groups -OCH3 is 1. The quantitative estimate of drug-likeness (QED) is 0.485. The highest BCUT2D eigenvalue weighted by Gasteiger charge is 2.16. The summed E-state index contributed by atoms with van der Waals surface area (Å²) in [5.41, 5.74) is 3.09. The van der Waals surface area contributed by atoms with Crippen LogP contribution in [0, 0.1) is 6.92 Å². The number of rotatable bonds is 9. The molecule has 0 aromatic heterocycles. The van der Waals surface area contributed by atoms with Crippen LogP contribution in [0.15, 0.2) is 49.1 Å². The summed E-state index contributed by atoms with van der Waals surface area (Å²) in [7, 11) is 1.48. The number of carbonyl (C=O) groups is 2. The molecule has 0 spiro atoms. The largest absolute Gasteiger partial charge is 0.493 e. The zero-order valence-corrected chi connectivity index (χ0v) is 18.0. The fourth-order valence-corrected chi connectivity index (χ4v) is 3.42. The Bertz CT molecular complexity index is 951. The van der Waals surface area contributed by atoms with Gasteiger partial charge in [0.05, 0.1) is 12.7 Å². The van der Waals surface area contributed by atoms with Crippen molar-refractivity contribution in [3.05, 3.63) is 60.2 Å². The topological polar surface area (TPSA) is 77.1 Å². The van der Waals surface area contributed by atoms with Crippen LogP contribution in [0.1, 0.15) is 28.8 Å². The smallest absolute Gasteiger partial charge is 0.338 e. The van der Waals surface area contributed by atoms with Gasteiger partial charge in [-0.2, -0.15) is 0 Å². The van der Waals surface area contributed by atoms with Crippen LogP contribution in [0.5, 0.6) is 11.5 Å². The molecule has 2 aromatic rings. The molecule has 7 nitrogen and oxygen atoms in total. The number of anilines is 2. The van der Waals surface area contributed by atoms with Gasteiger partial charge in [-0.3, -0.25) is 4.79 Å².